The molecule has 4 rings (SSSR count). The van der Waals surface area contributed by atoms with E-state index in [-0.39, 0.29) is 16.7 Å². The second kappa shape index (κ2) is 5.92. The molecule has 25 heavy (non-hydrogen) atoms. The van der Waals surface area contributed by atoms with Gasteiger partial charge in [-0.2, -0.15) is 0 Å². The molecule has 1 heterocycles. The summed E-state index contributed by atoms with van der Waals surface area (Å²) in [7, 11) is 1.45. The second-order valence-electron chi connectivity index (χ2n) is 6.75. The average molecular weight is 336 g/mol. The second-order valence-corrected chi connectivity index (χ2v) is 6.75. The van der Waals surface area contributed by atoms with E-state index in [1.165, 1.54) is 18.2 Å². The Morgan fingerprint density at radius 1 is 1.24 bits per heavy atom. The standard InChI is InChI=1S/C20H20N2O3/c1-12-6-8-17-16(10-12)14-4-3-5-15(14)20(21-17)13-7-9-19(25-2)18(11-13)22(23)24/h3-4,6-11,14-15,20-21H,5H2,1-2H3/t14-,15-,20-/m0/s1. The maximum atomic E-state index is 11.4. The molecule has 0 amide bonds. The predicted octanol–water partition coefficient (Wildman–Crippen LogP) is 4.74. The minimum Gasteiger partial charge on any atom is -0.490 e. The van der Waals surface area contributed by atoms with Crippen LogP contribution in [0.2, 0.25) is 0 Å². The molecule has 0 radical (unpaired) electrons. The zero-order valence-electron chi connectivity index (χ0n) is 14.2. The van der Waals surface area contributed by atoms with Crippen LogP contribution in [0.4, 0.5) is 11.4 Å². The highest BCUT2D eigenvalue weighted by Gasteiger charge is 2.38. The van der Waals surface area contributed by atoms with E-state index >= 15 is 0 Å². The van der Waals surface area contributed by atoms with Crippen LogP contribution in [0.3, 0.4) is 0 Å². The number of hydrogen-bond acceptors (Lipinski definition) is 4. The number of nitro groups is 1. The lowest BCUT2D eigenvalue weighted by Crippen LogP contribution is -2.29. The molecule has 0 unspecified atom stereocenters. The third kappa shape index (κ3) is 2.56. The first-order valence-corrected chi connectivity index (χ1v) is 8.44. The van der Waals surface area contributed by atoms with E-state index in [4.69, 9.17) is 4.74 Å². The van der Waals surface area contributed by atoms with Crippen LogP contribution in [0.15, 0.2) is 48.6 Å². The first-order valence-electron chi connectivity index (χ1n) is 8.44. The van der Waals surface area contributed by atoms with E-state index in [0.717, 1.165) is 17.7 Å². The zero-order chi connectivity index (χ0) is 17.6. The highest BCUT2D eigenvalue weighted by atomic mass is 16.6. The summed E-state index contributed by atoms with van der Waals surface area (Å²) in [6, 6.07) is 11.7. The lowest BCUT2D eigenvalue weighted by molar-refractivity contribution is -0.385. The molecule has 1 aliphatic heterocycles. The fourth-order valence-electron chi connectivity index (χ4n) is 4.09. The molecule has 1 aliphatic carbocycles. The van der Waals surface area contributed by atoms with Gasteiger partial charge in [-0.15, -0.1) is 0 Å². The van der Waals surface area contributed by atoms with Gasteiger partial charge in [0.25, 0.3) is 0 Å². The summed E-state index contributed by atoms with van der Waals surface area (Å²) < 4.78 is 5.13. The van der Waals surface area contributed by atoms with Crippen LogP contribution in [-0.2, 0) is 0 Å². The Kier molecular flexibility index (Phi) is 3.71. The fourth-order valence-corrected chi connectivity index (χ4v) is 4.09. The van der Waals surface area contributed by atoms with E-state index in [1.54, 1.807) is 12.1 Å². The van der Waals surface area contributed by atoms with Gasteiger partial charge >= 0.3 is 5.69 Å². The van der Waals surface area contributed by atoms with Crippen LogP contribution in [0.1, 0.15) is 35.1 Å². The van der Waals surface area contributed by atoms with Gasteiger partial charge in [-0.05, 0) is 42.5 Å². The molecule has 5 nitrogen and oxygen atoms in total. The normalized spacial score (nSPS) is 23.5. The Morgan fingerprint density at radius 2 is 2.08 bits per heavy atom. The van der Waals surface area contributed by atoms with Crippen LogP contribution in [0.5, 0.6) is 5.75 Å². The number of anilines is 1. The Balaban J connectivity index is 1.78. The molecule has 2 aliphatic rings. The maximum absolute atomic E-state index is 11.4. The van der Waals surface area contributed by atoms with Crippen molar-refractivity contribution in [3.8, 4) is 5.75 Å². The monoisotopic (exact) mass is 336 g/mol. The third-order valence-corrected chi connectivity index (χ3v) is 5.28. The Bertz CT molecular complexity index is 875. The SMILES string of the molecule is COc1ccc([C@@H]2Nc3ccc(C)cc3[C@H]3C=CC[C@@H]32)cc1[N+](=O)[O-]. The molecule has 0 saturated carbocycles. The third-order valence-electron chi connectivity index (χ3n) is 5.28. The van der Waals surface area contributed by atoms with Crippen molar-refractivity contribution < 1.29 is 9.66 Å². The first-order chi connectivity index (χ1) is 12.1. The number of allylic oxidation sites excluding steroid dienone is 2. The molecule has 0 saturated heterocycles. The van der Waals surface area contributed by atoms with Crippen LogP contribution < -0.4 is 10.1 Å². The topological polar surface area (TPSA) is 64.4 Å². The molecule has 0 fully saturated rings. The van der Waals surface area contributed by atoms with Crippen molar-refractivity contribution in [1.82, 2.24) is 0 Å². The lowest BCUT2D eigenvalue weighted by Gasteiger charge is -2.37. The average Bonchev–Trinajstić information content (AvgIpc) is 3.10. The molecule has 2 aromatic rings. The number of rotatable bonds is 3. The highest BCUT2D eigenvalue weighted by Crippen LogP contribution is 2.50. The summed E-state index contributed by atoms with van der Waals surface area (Å²) in [6.45, 7) is 2.10. The molecule has 2 aromatic carbocycles. The molecule has 0 spiro atoms. The van der Waals surface area contributed by atoms with Crippen LogP contribution in [-0.4, -0.2) is 12.0 Å². The largest absolute Gasteiger partial charge is 0.490 e. The van der Waals surface area contributed by atoms with Gasteiger partial charge in [-0.25, -0.2) is 0 Å². The maximum Gasteiger partial charge on any atom is 0.311 e. The smallest absolute Gasteiger partial charge is 0.311 e. The number of methoxy groups -OCH3 is 1. The quantitative estimate of drug-likeness (QED) is 0.499. The van der Waals surface area contributed by atoms with Crippen molar-refractivity contribution in [3.63, 3.8) is 0 Å². The zero-order valence-corrected chi connectivity index (χ0v) is 14.2. The Morgan fingerprint density at radius 3 is 2.84 bits per heavy atom. The predicted molar refractivity (Wildman–Crippen MR) is 97.2 cm³/mol. The van der Waals surface area contributed by atoms with Crippen molar-refractivity contribution in [3.05, 3.63) is 75.4 Å². The summed E-state index contributed by atoms with van der Waals surface area (Å²) in [5, 5.41) is 15.0. The summed E-state index contributed by atoms with van der Waals surface area (Å²) in [5.41, 5.74) is 4.62. The molecule has 5 heteroatoms. The van der Waals surface area contributed by atoms with Crippen molar-refractivity contribution in [2.75, 3.05) is 12.4 Å². The van der Waals surface area contributed by atoms with Gasteiger partial charge in [0.2, 0.25) is 0 Å². The summed E-state index contributed by atoms with van der Waals surface area (Å²) in [5.74, 6) is 1.01. The van der Waals surface area contributed by atoms with Crippen molar-refractivity contribution in [2.45, 2.75) is 25.3 Å². The van der Waals surface area contributed by atoms with Gasteiger partial charge < -0.3 is 10.1 Å². The number of nitrogens with zero attached hydrogens (tertiary/aromatic N) is 1. The number of aryl methyl sites for hydroxylation is 1. The summed E-state index contributed by atoms with van der Waals surface area (Å²) in [4.78, 5) is 11.0. The van der Waals surface area contributed by atoms with E-state index in [2.05, 4.69) is 42.6 Å². The number of benzene rings is 2. The molecule has 3 atom stereocenters. The van der Waals surface area contributed by atoms with Gasteiger partial charge in [0.1, 0.15) is 0 Å². The minimum atomic E-state index is -0.382. The van der Waals surface area contributed by atoms with Crippen molar-refractivity contribution in [2.24, 2.45) is 5.92 Å². The minimum absolute atomic E-state index is 0.0130. The molecule has 0 bridgehead atoms. The van der Waals surface area contributed by atoms with E-state index in [9.17, 15) is 10.1 Å². The number of ether oxygens (including phenoxy) is 1. The number of fused-ring (bicyclic) bond motifs is 3. The van der Waals surface area contributed by atoms with E-state index in [1.807, 2.05) is 6.07 Å². The highest BCUT2D eigenvalue weighted by molar-refractivity contribution is 5.61. The van der Waals surface area contributed by atoms with Gasteiger partial charge in [0, 0.05) is 17.7 Å². The van der Waals surface area contributed by atoms with Crippen LogP contribution in [0.25, 0.3) is 0 Å². The van der Waals surface area contributed by atoms with Gasteiger partial charge in [0.15, 0.2) is 5.75 Å². The van der Waals surface area contributed by atoms with Crippen LogP contribution >= 0.6 is 0 Å². The van der Waals surface area contributed by atoms with Gasteiger partial charge in [0.05, 0.1) is 18.1 Å². The lowest BCUT2D eigenvalue weighted by atomic mass is 9.76. The fraction of sp³-hybridized carbons (Fsp3) is 0.300. The van der Waals surface area contributed by atoms with Gasteiger partial charge in [-0.3, -0.25) is 10.1 Å². The number of nitro benzene ring substituents is 1. The van der Waals surface area contributed by atoms with E-state index in [0.29, 0.717) is 17.6 Å². The first kappa shape index (κ1) is 15.7. The van der Waals surface area contributed by atoms with Gasteiger partial charge in [-0.1, -0.05) is 35.9 Å². The summed E-state index contributed by atoms with van der Waals surface area (Å²) >= 11 is 0. The molecular weight excluding hydrogens is 316 g/mol. The number of nitrogens with one attached hydrogen (secondary N) is 1. The molecule has 1 N–H and O–H groups in total. The Labute approximate surface area is 146 Å². The summed E-state index contributed by atoms with van der Waals surface area (Å²) in [6.07, 6.45) is 5.46. The number of hydrogen-bond donors (Lipinski definition) is 1. The van der Waals surface area contributed by atoms with Crippen LogP contribution in [0, 0.1) is 23.0 Å². The van der Waals surface area contributed by atoms with Crippen molar-refractivity contribution >= 4 is 11.4 Å². The molecule has 0 aromatic heterocycles. The van der Waals surface area contributed by atoms with E-state index < -0.39 is 0 Å². The molecular formula is C20H20N2O3. The molecule has 128 valence electrons. The van der Waals surface area contributed by atoms with Crippen molar-refractivity contribution in [1.29, 1.82) is 0 Å². The Hall–Kier alpha value is -2.82.